The van der Waals surface area contributed by atoms with Crippen LogP contribution in [-0.4, -0.2) is 32.3 Å². The number of ether oxygens (including phenoxy) is 2. The average molecular weight is 283 g/mol. The van der Waals surface area contributed by atoms with Gasteiger partial charge in [0, 0.05) is 12.1 Å². The van der Waals surface area contributed by atoms with Crippen LogP contribution in [0.2, 0.25) is 19.6 Å². The molecule has 0 N–H and O–H groups in total. The molecule has 1 rings (SSSR count). The Balaban J connectivity index is 3.09. The third-order valence-corrected chi connectivity index (χ3v) is 3.25. The summed E-state index contributed by atoms with van der Waals surface area (Å²) in [6, 6.07) is 3.96. The number of benzene rings is 1. The lowest BCUT2D eigenvalue weighted by Crippen LogP contribution is -2.30. The summed E-state index contributed by atoms with van der Waals surface area (Å²) in [5.41, 5.74) is 0.0876. The SMILES string of the molecule is COC(=O)c1ccc([N+](=O)[O-])c(OC[Si](C)(C)C)c1. The van der Waals surface area contributed by atoms with Crippen LogP contribution in [0.15, 0.2) is 18.2 Å². The van der Waals surface area contributed by atoms with Gasteiger partial charge in [0.05, 0.1) is 31.9 Å². The Morgan fingerprint density at radius 1 is 1.37 bits per heavy atom. The minimum absolute atomic E-state index is 0.107. The van der Waals surface area contributed by atoms with E-state index in [9.17, 15) is 14.9 Å². The van der Waals surface area contributed by atoms with Gasteiger partial charge >= 0.3 is 11.7 Å². The van der Waals surface area contributed by atoms with Crippen molar-refractivity contribution in [3.8, 4) is 5.75 Å². The molecule has 19 heavy (non-hydrogen) atoms. The van der Waals surface area contributed by atoms with E-state index in [1.807, 2.05) is 0 Å². The monoisotopic (exact) mass is 283 g/mol. The minimum atomic E-state index is -1.51. The molecular weight excluding hydrogens is 266 g/mol. The summed E-state index contributed by atoms with van der Waals surface area (Å²) in [7, 11) is -0.255. The van der Waals surface area contributed by atoms with E-state index in [2.05, 4.69) is 24.4 Å². The van der Waals surface area contributed by atoms with Crippen molar-refractivity contribution in [3.05, 3.63) is 33.9 Å². The second kappa shape index (κ2) is 5.83. The lowest BCUT2D eigenvalue weighted by molar-refractivity contribution is -0.385. The van der Waals surface area contributed by atoms with Crippen LogP contribution in [0.1, 0.15) is 10.4 Å². The van der Waals surface area contributed by atoms with Gasteiger partial charge in [-0.25, -0.2) is 4.79 Å². The summed E-state index contributed by atoms with van der Waals surface area (Å²) in [6.07, 6.45) is 0.443. The number of carbonyl (C=O) groups excluding carboxylic acids is 1. The Morgan fingerprint density at radius 2 is 2.00 bits per heavy atom. The number of nitro groups is 1. The van der Waals surface area contributed by atoms with Crippen molar-refractivity contribution in [1.82, 2.24) is 0 Å². The van der Waals surface area contributed by atoms with E-state index in [4.69, 9.17) is 4.74 Å². The number of carbonyl (C=O) groups is 1. The first-order valence-electron chi connectivity index (χ1n) is 5.74. The van der Waals surface area contributed by atoms with Gasteiger partial charge in [-0.1, -0.05) is 19.6 Å². The van der Waals surface area contributed by atoms with E-state index >= 15 is 0 Å². The van der Waals surface area contributed by atoms with Crippen molar-refractivity contribution in [1.29, 1.82) is 0 Å². The smallest absolute Gasteiger partial charge is 0.337 e. The minimum Gasteiger partial charge on any atom is -0.491 e. The van der Waals surface area contributed by atoms with Crippen molar-refractivity contribution in [3.63, 3.8) is 0 Å². The highest BCUT2D eigenvalue weighted by molar-refractivity contribution is 6.76. The van der Waals surface area contributed by atoms with Gasteiger partial charge in [0.1, 0.15) is 0 Å². The molecule has 0 saturated heterocycles. The molecule has 0 aliphatic carbocycles. The Hall–Kier alpha value is -1.89. The second-order valence-corrected chi connectivity index (χ2v) is 10.7. The highest BCUT2D eigenvalue weighted by atomic mass is 28.3. The first kappa shape index (κ1) is 15.2. The standard InChI is InChI=1S/C12H17NO5Si/c1-17-12(14)9-5-6-10(13(15)16)11(7-9)18-8-19(2,3)4/h5-7H,8H2,1-4H3. The van der Waals surface area contributed by atoms with Gasteiger partial charge in [-0.2, -0.15) is 0 Å². The molecule has 7 heteroatoms. The zero-order valence-corrected chi connectivity index (χ0v) is 12.4. The molecule has 0 aliphatic heterocycles. The van der Waals surface area contributed by atoms with E-state index in [0.717, 1.165) is 0 Å². The quantitative estimate of drug-likeness (QED) is 0.359. The van der Waals surface area contributed by atoms with Gasteiger partial charge in [-0.3, -0.25) is 10.1 Å². The molecule has 0 atom stereocenters. The van der Waals surface area contributed by atoms with Crippen LogP contribution < -0.4 is 4.74 Å². The summed E-state index contributed by atoms with van der Waals surface area (Å²) in [6.45, 7) is 6.26. The zero-order valence-electron chi connectivity index (χ0n) is 11.4. The fourth-order valence-corrected chi connectivity index (χ4v) is 1.91. The van der Waals surface area contributed by atoms with Gasteiger partial charge < -0.3 is 9.47 Å². The van der Waals surface area contributed by atoms with Crippen molar-refractivity contribution in [2.24, 2.45) is 0 Å². The van der Waals surface area contributed by atoms with Crippen molar-refractivity contribution in [2.45, 2.75) is 19.6 Å². The zero-order chi connectivity index (χ0) is 14.6. The fraction of sp³-hybridized carbons (Fsp3) is 0.417. The second-order valence-electron chi connectivity index (χ2n) is 5.28. The lowest BCUT2D eigenvalue weighted by atomic mass is 10.2. The summed E-state index contributed by atoms with van der Waals surface area (Å²) < 4.78 is 10.1. The van der Waals surface area contributed by atoms with Crippen LogP contribution in [0.25, 0.3) is 0 Å². The summed E-state index contributed by atoms with van der Waals surface area (Å²) >= 11 is 0. The molecule has 0 fully saturated rings. The molecule has 0 saturated carbocycles. The van der Waals surface area contributed by atoms with E-state index < -0.39 is 19.0 Å². The molecule has 1 aromatic rings. The first-order valence-corrected chi connectivity index (χ1v) is 9.45. The molecule has 0 radical (unpaired) electrons. The summed E-state index contributed by atoms with van der Waals surface area (Å²) in [5, 5.41) is 10.9. The largest absolute Gasteiger partial charge is 0.491 e. The predicted octanol–water partition coefficient (Wildman–Crippen LogP) is 2.64. The molecule has 0 bridgehead atoms. The maximum Gasteiger partial charge on any atom is 0.337 e. The molecular formula is C12H17NO5Si. The molecule has 104 valence electrons. The van der Waals surface area contributed by atoms with Gasteiger partial charge in [-0.15, -0.1) is 0 Å². The molecule has 0 spiro atoms. The highest BCUT2D eigenvalue weighted by Gasteiger charge is 2.21. The van der Waals surface area contributed by atoms with Crippen LogP contribution in [0.4, 0.5) is 5.69 Å². The van der Waals surface area contributed by atoms with Crippen LogP contribution >= 0.6 is 0 Å². The van der Waals surface area contributed by atoms with Crippen molar-refractivity contribution in [2.75, 3.05) is 13.3 Å². The Kier molecular flexibility index (Phi) is 4.65. The van der Waals surface area contributed by atoms with E-state index in [1.54, 1.807) is 0 Å². The van der Waals surface area contributed by atoms with Crippen LogP contribution in [0.3, 0.4) is 0 Å². The third-order valence-electron chi connectivity index (χ3n) is 2.24. The van der Waals surface area contributed by atoms with E-state index in [1.165, 1.54) is 25.3 Å². The van der Waals surface area contributed by atoms with Crippen molar-refractivity contribution < 1.29 is 19.2 Å². The van der Waals surface area contributed by atoms with Crippen LogP contribution in [-0.2, 0) is 4.74 Å². The molecule has 6 nitrogen and oxygen atoms in total. The maximum absolute atomic E-state index is 11.4. The number of esters is 1. The first-order chi connectivity index (χ1) is 8.74. The van der Waals surface area contributed by atoms with Crippen LogP contribution in [0, 0.1) is 10.1 Å². The lowest BCUT2D eigenvalue weighted by Gasteiger charge is -2.16. The maximum atomic E-state index is 11.4. The van der Waals surface area contributed by atoms with E-state index in [0.29, 0.717) is 6.23 Å². The average Bonchev–Trinajstić information content (AvgIpc) is 2.34. The van der Waals surface area contributed by atoms with Gasteiger partial charge in [0.2, 0.25) is 0 Å². The number of rotatable bonds is 5. The number of hydrogen-bond donors (Lipinski definition) is 0. The van der Waals surface area contributed by atoms with Crippen molar-refractivity contribution >= 4 is 19.7 Å². The Bertz CT molecular complexity index is 495. The normalized spacial score (nSPS) is 10.9. The number of nitrogens with zero attached hydrogens (tertiary/aromatic N) is 1. The molecule has 0 aliphatic rings. The van der Waals surface area contributed by atoms with E-state index in [-0.39, 0.29) is 17.0 Å². The van der Waals surface area contributed by atoms with Gasteiger partial charge in [-0.05, 0) is 6.07 Å². The molecule has 1 aromatic carbocycles. The van der Waals surface area contributed by atoms with Gasteiger partial charge in [0.15, 0.2) is 5.75 Å². The topological polar surface area (TPSA) is 78.7 Å². The number of nitro benzene ring substituents is 1. The summed E-state index contributed by atoms with van der Waals surface area (Å²) in [5.74, 6) is -0.442. The summed E-state index contributed by atoms with van der Waals surface area (Å²) in [4.78, 5) is 21.8. The number of methoxy groups -OCH3 is 1. The molecule has 0 aromatic heterocycles. The fourth-order valence-electron chi connectivity index (χ4n) is 1.32. The Morgan fingerprint density at radius 3 is 2.47 bits per heavy atom. The van der Waals surface area contributed by atoms with Gasteiger partial charge in [0.25, 0.3) is 0 Å². The Labute approximate surface area is 112 Å². The highest BCUT2D eigenvalue weighted by Crippen LogP contribution is 2.28. The predicted molar refractivity (Wildman–Crippen MR) is 73.3 cm³/mol. The molecule has 0 unspecified atom stereocenters. The number of hydrogen-bond acceptors (Lipinski definition) is 5. The third kappa shape index (κ3) is 4.36. The molecule has 0 heterocycles. The van der Waals surface area contributed by atoms with Crippen LogP contribution in [0.5, 0.6) is 5.75 Å². The molecule has 0 amide bonds.